The molecule has 1 heterocycles. The van der Waals surface area contributed by atoms with Gasteiger partial charge in [-0.15, -0.1) is 0 Å². The molecule has 1 unspecified atom stereocenters. The average Bonchev–Trinajstić information content (AvgIpc) is 2.88. The number of fused-ring (bicyclic) bond motifs is 1. The SMILES string of the molecule is CC(C)(C)C1OC(=O)CN1C(=O)c1cccc2ccccc12. The Morgan fingerprint density at radius 3 is 2.55 bits per heavy atom. The quantitative estimate of drug-likeness (QED) is 0.759. The number of nitrogens with zero attached hydrogens (tertiary/aromatic N) is 1. The Bertz CT molecular complexity index is 740. The first-order valence-electron chi connectivity index (χ1n) is 7.36. The number of hydrogen-bond donors (Lipinski definition) is 0. The van der Waals surface area contributed by atoms with Crippen molar-refractivity contribution in [1.29, 1.82) is 0 Å². The minimum atomic E-state index is -0.536. The summed E-state index contributed by atoms with van der Waals surface area (Å²) < 4.78 is 5.36. The lowest BCUT2D eigenvalue weighted by Gasteiger charge is -2.32. The fourth-order valence-corrected chi connectivity index (χ4v) is 2.84. The van der Waals surface area contributed by atoms with Crippen LogP contribution in [-0.2, 0) is 9.53 Å². The van der Waals surface area contributed by atoms with Gasteiger partial charge in [-0.3, -0.25) is 14.5 Å². The molecule has 1 aliphatic heterocycles. The van der Waals surface area contributed by atoms with Gasteiger partial charge in [0.1, 0.15) is 6.54 Å². The molecule has 1 aliphatic rings. The predicted molar refractivity (Wildman–Crippen MR) is 84.3 cm³/mol. The van der Waals surface area contributed by atoms with Gasteiger partial charge in [0, 0.05) is 11.0 Å². The second-order valence-electron chi connectivity index (χ2n) is 6.67. The molecule has 0 N–H and O–H groups in total. The van der Waals surface area contributed by atoms with Crippen molar-refractivity contribution >= 4 is 22.6 Å². The lowest BCUT2D eigenvalue weighted by atomic mass is 9.93. The van der Waals surface area contributed by atoms with Crippen LogP contribution in [0.25, 0.3) is 10.8 Å². The van der Waals surface area contributed by atoms with E-state index < -0.39 is 6.23 Å². The molecule has 1 fully saturated rings. The van der Waals surface area contributed by atoms with Gasteiger partial charge in [-0.25, -0.2) is 0 Å². The molecule has 4 heteroatoms. The second kappa shape index (κ2) is 5.13. The summed E-state index contributed by atoms with van der Waals surface area (Å²) in [5.41, 5.74) is 0.275. The molecule has 3 rings (SSSR count). The molecule has 2 aromatic carbocycles. The van der Waals surface area contributed by atoms with Crippen LogP contribution in [0.3, 0.4) is 0 Å². The maximum atomic E-state index is 13.0. The monoisotopic (exact) mass is 297 g/mol. The van der Waals surface area contributed by atoms with Crippen molar-refractivity contribution in [2.24, 2.45) is 5.41 Å². The molecule has 0 radical (unpaired) electrons. The maximum Gasteiger partial charge on any atom is 0.327 e. The molecule has 2 aromatic rings. The molecule has 4 nitrogen and oxygen atoms in total. The number of carbonyl (C=O) groups is 2. The highest BCUT2D eigenvalue weighted by Crippen LogP contribution is 2.31. The lowest BCUT2D eigenvalue weighted by Crippen LogP contribution is -2.43. The van der Waals surface area contributed by atoms with Crippen molar-refractivity contribution in [3.05, 3.63) is 48.0 Å². The molecule has 1 amide bonds. The van der Waals surface area contributed by atoms with Crippen LogP contribution >= 0.6 is 0 Å². The maximum absolute atomic E-state index is 13.0. The van der Waals surface area contributed by atoms with Gasteiger partial charge in [0.2, 0.25) is 0 Å². The Kier molecular flexibility index (Phi) is 3.39. The van der Waals surface area contributed by atoms with Gasteiger partial charge in [-0.1, -0.05) is 57.2 Å². The number of esters is 1. The minimum Gasteiger partial charge on any atom is -0.440 e. The predicted octanol–water partition coefficient (Wildman–Crippen LogP) is 3.21. The van der Waals surface area contributed by atoms with Crippen LogP contribution in [0.2, 0.25) is 0 Å². The van der Waals surface area contributed by atoms with Crippen LogP contribution in [0.5, 0.6) is 0 Å². The van der Waals surface area contributed by atoms with E-state index in [0.29, 0.717) is 5.56 Å². The molecular weight excluding hydrogens is 278 g/mol. The number of amides is 1. The summed E-state index contributed by atoms with van der Waals surface area (Å²) in [6.07, 6.45) is -0.536. The Morgan fingerprint density at radius 1 is 1.14 bits per heavy atom. The summed E-state index contributed by atoms with van der Waals surface area (Å²) in [5, 5.41) is 1.90. The highest BCUT2D eigenvalue weighted by molar-refractivity contribution is 6.08. The van der Waals surface area contributed by atoms with Crippen molar-refractivity contribution in [3.63, 3.8) is 0 Å². The zero-order valence-electron chi connectivity index (χ0n) is 13.0. The third-order valence-electron chi connectivity index (χ3n) is 3.85. The molecular formula is C18H19NO3. The van der Waals surface area contributed by atoms with E-state index in [9.17, 15) is 9.59 Å². The van der Waals surface area contributed by atoms with E-state index in [1.54, 1.807) is 6.07 Å². The normalized spacial score (nSPS) is 18.6. The highest BCUT2D eigenvalue weighted by Gasteiger charge is 2.43. The van der Waals surface area contributed by atoms with Gasteiger partial charge in [0.15, 0.2) is 6.23 Å². The molecule has 0 aromatic heterocycles. The van der Waals surface area contributed by atoms with Crippen molar-refractivity contribution in [3.8, 4) is 0 Å². The van der Waals surface area contributed by atoms with E-state index in [4.69, 9.17) is 4.74 Å². The number of rotatable bonds is 1. The number of carbonyl (C=O) groups excluding carboxylic acids is 2. The molecule has 1 saturated heterocycles. The van der Waals surface area contributed by atoms with E-state index in [2.05, 4.69) is 0 Å². The van der Waals surface area contributed by atoms with Gasteiger partial charge in [0.25, 0.3) is 5.91 Å². The fraction of sp³-hybridized carbons (Fsp3) is 0.333. The van der Waals surface area contributed by atoms with E-state index in [0.717, 1.165) is 10.8 Å². The van der Waals surface area contributed by atoms with Crippen LogP contribution in [0.1, 0.15) is 31.1 Å². The fourth-order valence-electron chi connectivity index (χ4n) is 2.84. The van der Waals surface area contributed by atoms with Gasteiger partial charge in [-0.05, 0) is 16.8 Å². The number of benzene rings is 2. The van der Waals surface area contributed by atoms with Crippen molar-refractivity contribution in [2.75, 3.05) is 6.54 Å². The van der Waals surface area contributed by atoms with Crippen molar-refractivity contribution < 1.29 is 14.3 Å². The number of cyclic esters (lactones) is 1. The average molecular weight is 297 g/mol. The third-order valence-corrected chi connectivity index (χ3v) is 3.85. The highest BCUT2D eigenvalue weighted by atomic mass is 16.6. The Morgan fingerprint density at radius 2 is 1.82 bits per heavy atom. The standard InChI is InChI=1S/C18H19NO3/c1-18(2,3)17-19(11-15(20)22-17)16(21)14-10-6-8-12-7-4-5-9-13(12)14/h4-10,17H,11H2,1-3H3. The van der Waals surface area contributed by atoms with Crippen molar-refractivity contribution in [2.45, 2.75) is 27.0 Å². The molecule has 0 spiro atoms. The second-order valence-corrected chi connectivity index (χ2v) is 6.67. The molecule has 1 atom stereocenters. The van der Waals surface area contributed by atoms with Crippen LogP contribution < -0.4 is 0 Å². The van der Waals surface area contributed by atoms with E-state index >= 15 is 0 Å². The first kappa shape index (κ1) is 14.6. The van der Waals surface area contributed by atoms with Gasteiger partial charge >= 0.3 is 5.97 Å². The van der Waals surface area contributed by atoms with E-state index in [1.807, 2.05) is 57.2 Å². The zero-order valence-corrected chi connectivity index (χ0v) is 13.0. The Labute approximate surface area is 129 Å². The van der Waals surface area contributed by atoms with Gasteiger partial charge in [-0.2, -0.15) is 0 Å². The lowest BCUT2D eigenvalue weighted by molar-refractivity contribution is -0.146. The summed E-state index contributed by atoms with van der Waals surface area (Å²) in [6, 6.07) is 13.4. The molecule has 114 valence electrons. The smallest absolute Gasteiger partial charge is 0.327 e. The van der Waals surface area contributed by atoms with Crippen LogP contribution in [0, 0.1) is 5.41 Å². The Hall–Kier alpha value is -2.36. The van der Waals surface area contributed by atoms with Crippen molar-refractivity contribution in [1.82, 2.24) is 4.90 Å². The van der Waals surface area contributed by atoms with E-state index in [-0.39, 0.29) is 23.8 Å². The van der Waals surface area contributed by atoms with Crippen LogP contribution in [0.15, 0.2) is 42.5 Å². The summed E-state index contributed by atoms with van der Waals surface area (Å²) in [4.78, 5) is 26.2. The summed E-state index contributed by atoms with van der Waals surface area (Å²) in [5.74, 6) is -0.518. The zero-order chi connectivity index (χ0) is 15.9. The van der Waals surface area contributed by atoms with Crippen LogP contribution in [0.4, 0.5) is 0 Å². The summed E-state index contributed by atoms with van der Waals surface area (Å²) >= 11 is 0. The number of ether oxygens (including phenoxy) is 1. The Balaban J connectivity index is 2.04. The first-order chi connectivity index (χ1) is 10.4. The van der Waals surface area contributed by atoms with Gasteiger partial charge < -0.3 is 4.74 Å². The largest absolute Gasteiger partial charge is 0.440 e. The topological polar surface area (TPSA) is 46.6 Å². The van der Waals surface area contributed by atoms with Crippen LogP contribution in [-0.4, -0.2) is 29.5 Å². The number of hydrogen-bond acceptors (Lipinski definition) is 3. The first-order valence-corrected chi connectivity index (χ1v) is 7.36. The molecule has 0 bridgehead atoms. The minimum absolute atomic E-state index is 0.00396. The molecule has 0 saturated carbocycles. The third kappa shape index (κ3) is 2.45. The van der Waals surface area contributed by atoms with E-state index in [1.165, 1.54) is 4.90 Å². The summed E-state index contributed by atoms with van der Waals surface area (Å²) in [7, 11) is 0. The van der Waals surface area contributed by atoms with Gasteiger partial charge in [0.05, 0.1) is 0 Å². The molecule has 22 heavy (non-hydrogen) atoms. The summed E-state index contributed by atoms with van der Waals surface area (Å²) in [6.45, 7) is 5.88. The molecule has 0 aliphatic carbocycles.